The molecule has 0 spiro atoms. The van der Waals surface area contributed by atoms with Crippen LogP contribution in [0.15, 0.2) is 118 Å². The molecule has 1 aliphatic carbocycles. The summed E-state index contributed by atoms with van der Waals surface area (Å²) >= 11 is 5.79. The normalized spacial score (nSPS) is 12.6. The maximum atomic E-state index is 12.5. The van der Waals surface area contributed by atoms with E-state index in [2.05, 4.69) is 25.4 Å². The molecule has 0 radical (unpaired) electrons. The van der Waals surface area contributed by atoms with Crippen molar-refractivity contribution < 1.29 is 87.0 Å². The van der Waals surface area contributed by atoms with E-state index in [4.69, 9.17) is 35.1 Å². The highest BCUT2D eigenvalue weighted by Crippen LogP contribution is 2.50. The number of amides is 1. The Kier molecular flexibility index (Phi) is 23.1. The maximum Gasteiger partial charge on any atom is 0.374 e. The predicted octanol–water partition coefficient (Wildman–Crippen LogP) is 8.36. The second-order valence-electron chi connectivity index (χ2n) is 20.2. The number of carbonyl (C=O) groups excluding carboxylic acids is 4. The van der Waals surface area contributed by atoms with E-state index in [9.17, 15) is 110 Å². The average molecular weight is 1400 g/mol. The molecule has 4 aromatic carbocycles. The van der Waals surface area contributed by atoms with Gasteiger partial charge in [0.1, 0.15) is 62.9 Å². The van der Waals surface area contributed by atoms with Crippen molar-refractivity contribution in [3.63, 3.8) is 0 Å². The van der Waals surface area contributed by atoms with Gasteiger partial charge < -0.3 is 49.0 Å². The molecule has 0 fully saturated rings. The van der Waals surface area contributed by atoms with Gasteiger partial charge in [-0.25, -0.2) is 28.7 Å². The van der Waals surface area contributed by atoms with E-state index in [0.717, 1.165) is 24.5 Å². The van der Waals surface area contributed by atoms with Crippen LogP contribution in [0.1, 0.15) is 64.0 Å². The third-order valence-electron chi connectivity index (χ3n) is 14.1. The summed E-state index contributed by atoms with van der Waals surface area (Å²) in [5.74, 6) is -3.57. The Hall–Kier alpha value is -13.8. The molecular weight excluding hydrogens is 1350 g/mol. The highest BCUT2D eigenvalue weighted by Gasteiger charge is 2.42. The molecule has 1 unspecified atom stereocenters. The predicted molar refractivity (Wildman–Crippen MR) is 332 cm³/mol. The number of non-ortho nitro benzene ring substituents is 3. The van der Waals surface area contributed by atoms with Crippen LogP contribution in [-0.2, 0) is 41.7 Å². The van der Waals surface area contributed by atoms with Crippen LogP contribution < -0.4 is 5.32 Å². The number of imidazole rings is 2. The van der Waals surface area contributed by atoms with Gasteiger partial charge in [-0.15, -0.1) is 0 Å². The lowest BCUT2D eigenvalue weighted by molar-refractivity contribution is -0.431. The number of hydrogen-bond donors (Lipinski definition) is 1. The van der Waals surface area contributed by atoms with Crippen molar-refractivity contribution >= 4 is 92.6 Å². The number of aryl methyl sites for hydroxylation is 2. The molecule has 1 N–H and O–H groups in total. The van der Waals surface area contributed by atoms with Gasteiger partial charge in [-0.1, -0.05) is 16.8 Å². The van der Waals surface area contributed by atoms with Crippen LogP contribution in [0.2, 0.25) is 5.02 Å². The molecule has 99 heavy (non-hydrogen) atoms. The second kappa shape index (κ2) is 31.4. The summed E-state index contributed by atoms with van der Waals surface area (Å²) in [6.45, 7) is 4.83. The highest BCUT2D eigenvalue weighted by molar-refractivity contribution is 6.31. The lowest BCUT2D eigenvalue weighted by Gasteiger charge is -2.11. The average Bonchev–Trinajstić information content (AvgIpc) is 1.57. The first-order chi connectivity index (χ1) is 46.8. The molecule has 1 amide bonds. The number of halogens is 1. The molecule has 7 aromatic rings. The molecule has 2 atom stereocenters. The van der Waals surface area contributed by atoms with Crippen LogP contribution in [0, 0.1) is 111 Å². The zero-order valence-corrected chi connectivity index (χ0v) is 51.7. The summed E-state index contributed by atoms with van der Waals surface area (Å²) in [6.07, 6.45) is 2.03. The van der Waals surface area contributed by atoms with Gasteiger partial charge in [0.2, 0.25) is 11.9 Å². The zero-order valence-electron chi connectivity index (χ0n) is 51.0. The van der Waals surface area contributed by atoms with Crippen LogP contribution in [0.5, 0.6) is 0 Å². The number of hydrogen-bond acceptors (Lipinski definition) is 31. The fourth-order valence-electron chi connectivity index (χ4n) is 9.33. The first-order valence-corrected chi connectivity index (χ1v) is 28.1. The van der Waals surface area contributed by atoms with Crippen molar-refractivity contribution in [1.82, 2.24) is 24.4 Å². The lowest BCUT2D eigenvalue weighted by atomic mass is 9.99. The number of allylic oxidation sites excluding steroid dienone is 1. The smallest absolute Gasteiger partial charge is 0.374 e. The molecule has 4 heterocycles. The van der Waals surface area contributed by atoms with E-state index in [1.807, 2.05) is 0 Å². The molecule has 2 aliphatic rings. The van der Waals surface area contributed by atoms with Crippen LogP contribution in [-0.4, -0.2) is 131 Å². The standard InChI is InChI=1S/C22H16N8O13.C17H13ClN4O7.C16H16N4O7/c1-10(22(31)42-4-3-25-11(2)23-9-18(25)30(40)41)43-24-21-14-5-12(26(32)33)7-16(28(36)37)19(14)20-15(21)6-13(27(34)35)8-17(20)29(38)39;1-10-19-9-16(22(26)27)20(10)6-7-28-17(23)15-5-4-14(29-15)12-3-2-11(18)8-13(12)21(24)25;1-10-13(14(8-17-10)20(25)26)6-7-27-15(21)9-18-16(22)11-2-4-12(5-3-11)19(23)24/h5-10H,3-4H2,1-2H3;2-5,8-9H,6-7H2,1H3;2-5,8,13H,6-7,9H2,1H3,(H,18,22)/t10-;;/m0../s1. The number of benzene rings is 4. The quantitative estimate of drug-likeness (QED) is 0.0230. The van der Waals surface area contributed by atoms with Gasteiger partial charge in [0.15, 0.2) is 11.6 Å². The maximum absolute atomic E-state index is 12.5. The van der Waals surface area contributed by atoms with Gasteiger partial charge in [-0.3, -0.25) is 85.4 Å². The third kappa shape index (κ3) is 17.3. The van der Waals surface area contributed by atoms with Crippen LogP contribution >= 0.6 is 11.6 Å². The number of oxime groups is 1. The number of nitrogens with zero attached hydrogens (tertiary/aromatic N) is 15. The third-order valence-corrected chi connectivity index (χ3v) is 14.3. The SMILES string of the molecule is CC1=NC=C([N+](=O)[O-])C1CCOC(=O)CNC(=O)c1ccc([N+](=O)[O-])cc1.Cc1ncc([N+](=O)[O-])n1CCOC(=O)[C@H](C)ON=C1c2cc([N+](=O)[O-])cc([N+](=O)[O-])c2-c2c1cc([N+](=O)[O-])cc2[N+](=O)[O-].Cc1ncc([N+](=O)[O-])n1CCOC(=O)c1ccc(-c2ccc(Cl)cc2[N+](=O)[O-])o1. The summed E-state index contributed by atoms with van der Waals surface area (Å²) in [5, 5.41) is 108. The monoisotopic (exact) mass is 1400 g/mol. The number of aliphatic imine (C=N–C) groups is 1. The van der Waals surface area contributed by atoms with Gasteiger partial charge in [0.25, 0.3) is 45.7 Å². The van der Waals surface area contributed by atoms with Crippen LogP contribution in [0.3, 0.4) is 0 Å². The molecule has 514 valence electrons. The number of nitro groups is 9. The van der Waals surface area contributed by atoms with Gasteiger partial charge in [-0.2, -0.15) is 0 Å². The molecule has 0 saturated carbocycles. The topological polar surface area (TPSA) is 579 Å². The fourth-order valence-corrected chi connectivity index (χ4v) is 9.50. The Labute approximate surface area is 553 Å². The Morgan fingerprint density at radius 2 is 1.12 bits per heavy atom. The molecule has 43 nitrogen and oxygen atoms in total. The Morgan fingerprint density at radius 3 is 1.62 bits per heavy atom. The highest BCUT2D eigenvalue weighted by atomic mass is 35.5. The summed E-state index contributed by atoms with van der Waals surface area (Å²) < 4.78 is 23.0. The van der Waals surface area contributed by atoms with Gasteiger partial charge >= 0.3 is 29.5 Å². The van der Waals surface area contributed by atoms with E-state index < -0.39 is 126 Å². The number of ether oxygens (including phenoxy) is 3. The molecular formula is C55H45ClN16O27. The van der Waals surface area contributed by atoms with Crippen molar-refractivity contribution in [2.45, 2.75) is 53.3 Å². The second-order valence-corrected chi connectivity index (χ2v) is 20.6. The number of rotatable bonds is 26. The number of furan rings is 1. The molecule has 0 saturated heterocycles. The van der Waals surface area contributed by atoms with Crippen molar-refractivity contribution in [3.05, 3.63) is 233 Å². The largest absolute Gasteiger partial charge is 0.464 e. The number of aromatic nitrogens is 4. The van der Waals surface area contributed by atoms with E-state index >= 15 is 0 Å². The zero-order chi connectivity index (χ0) is 72.9. The van der Waals surface area contributed by atoms with Crippen molar-refractivity contribution in [3.8, 4) is 22.5 Å². The van der Waals surface area contributed by atoms with Crippen molar-refractivity contribution in [1.29, 1.82) is 0 Å². The van der Waals surface area contributed by atoms with Gasteiger partial charge in [0, 0.05) is 71.6 Å². The van der Waals surface area contributed by atoms with Crippen LogP contribution in [0.25, 0.3) is 22.5 Å². The van der Waals surface area contributed by atoms with Gasteiger partial charge in [-0.05, 0) is 66.5 Å². The number of carbonyl (C=O) groups is 4. The van der Waals surface area contributed by atoms with Crippen molar-refractivity contribution in [2.75, 3.05) is 26.4 Å². The Balaban J connectivity index is 0.000000217. The van der Waals surface area contributed by atoms with E-state index in [1.165, 1.54) is 83.8 Å². The fraction of sp³-hybridized carbons (Fsp3) is 0.236. The molecule has 0 bridgehead atoms. The van der Waals surface area contributed by atoms with E-state index in [1.54, 1.807) is 13.8 Å². The van der Waals surface area contributed by atoms with Gasteiger partial charge in [0.05, 0.1) is 75.8 Å². The first kappa shape index (κ1) is 72.7. The molecule has 1 aliphatic heterocycles. The molecule has 9 rings (SSSR count). The summed E-state index contributed by atoms with van der Waals surface area (Å²) in [4.78, 5) is 160. The minimum Gasteiger partial charge on any atom is -0.464 e. The Bertz CT molecular complexity index is 4510. The number of fused-ring (bicyclic) bond motifs is 3. The summed E-state index contributed by atoms with van der Waals surface area (Å²) in [6, 6.07) is 14.5. The molecule has 44 heteroatoms. The minimum atomic E-state index is -1.51. The first-order valence-electron chi connectivity index (χ1n) is 27.8. The number of nitrogens with one attached hydrogen (secondary N) is 1. The van der Waals surface area contributed by atoms with Crippen molar-refractivity contribution in [2.24, 2.45) is 16.1 Å². The lowest BCUT2D eigenvalue weighted by Crippen LogP contribution is -2.31. The van der Waals surface area contributed by atoms with E-state index in [0.29, 0.717) is 23.7 Å². The Morgan fingerprint density at radius 1 is 0.596 bits per heavy atom. The summed E-state index contributed by atoms with van der Waals surface area (Å²) in [5.41, 5.74) is -5.20. The molecule has 3 aromatic heterocycles. The number of esters is 3. The number of nitro benzene ring substituents is 6. The summed E-state index contributed by atoms with van der Waals surface area (Å²) in [7, 11) is 0. The van der Waals surface area contributed by atoms with Crippen LogP contribution in [0.4, 0.5) is 45.8 Å². The minimum absolute atomic E-state index is 0.0319. The van der Waals surface area contributed by atoms with E-state index in [-0.39, 0.29) is 113 Å².